The average Bonchev–Trinajstić information content (AvgIpc) is 2.62. The summed E-state index contributed by atoms with van der Waals surface area (Å²) in [6, 6.07) is -2.77. The molecule has 23 heavy (non-hydrogen) atoms. The molecule has 2 rings (SSSR count). The average molecular weight is 338 g/mol. The molecule has 1 aromatic rings. The summed E-state index contributed by atoms with van der Waals surface area (Å²) < 4.78 is 70.5. The van der Waals surface area contributed by atoms with Crippen LogP contribution >= 0.6 is 0 Å². The Bertz CT molecular complexity index is 725. The van der Waals surface area contributed by atoms with Crippen molar-refractivity contribution in [2.24, 2.45) is 0 Å². The second kappa shape index (κ2) is 8.52. The maximum absolute atomic E-state index is 11.6. The van der Waals surface area contributed by atoms with Crippen LogP contribution in [-0.2, 0) is 9.59 Å². The highest BCUT2D eigenvalue weighted by Crippen LogP contribution is 2.25. The van der Waals surface area contributed by atoms with E-state index in [1.165, 1.54) is 0 Å². The van der Waals surface area contributed by atoms with E-state index in [9.17, 15) is 23.1 Å². The molecule has 0 aromatic heterocycles. The van der Waals surface area contributed by atoms with Crippen molar-refractivity contribution in [2.45, 2.75) is 37.4 Å². The Morgan fingerprint density at radius 3 is 2.17 bits per heavy atom. The molecule has 5 nitrogen and oxygen atoms in total. The van der Waals surface area contributed by atoms with E-state index in [1.807, 2.05) is 0 Å². The van der Waals surface area contributed by atoms with Crippen molar-refractivity contribution in [3.8, 4) is 0 Å². The zero-order valence-corrected chi connectivity index (χ0v) is 11.8. The third-order valence-electron chi connectivity index (χ3n) is 3.09. The van der Waals surface area contributed by atoms with E-state index in [4.69, 9.17) is 16.8 Å². The topological polar surface area (TPSA) is 86.6 Å². The highest BCUT2D eigenvalue weighted by molar-refractivity contribution is 5.77. The van der Waals surface area contributed by atoms with Gasteiger partial charge in [0, 0.05) is 6.04 Å². The number of carbonyl (C=O) groups is 2. The summed E-state index contributed by atoms with van der Waals surface area (Å²) in [4.78, 5) is 20.5. The Balaban J connectivity index is 0.000000480. The normalized spacial score (nSPS) is 22.2. The van der Waals surface area contributed by atoms with E-state index in [1.54, 1.807) is 0 Å². The van der Waals surface area contributed by atoms with Gasteiger partial charge < -0.3 is 15.5 Å². The lowest BCUT2D eigenvalue weighted by molar-refractivity contribution is -0.192. The fourth-order valence-corrected chi connectivity index (χ4v) is 2.08. The first-order valence-corrected chi connectivity index (χ1v) is 6.63. The first-order valence-electron chi connectivity index (χ1n) is 9.13. The minimum atomic E-state index is -5.08. The predicted octanol–water partition coefficient (Wildman–Crippen LogP) is 2.63. The summed E-state index contributed by atoms with van der Waals surface area (Å²) >= 11 is 0. The lowest BCUT2D eigenvalue weighted by atomic mass is 9.86. The van der Waals surface area contributed by atoms with E-state index in [0.717, 1.165) is 12.8 Å². The van der Waals surface area contributed by atoms with Crippen LogP contribution in [0.2, 0.25) is 0 Å². The van der Waals surface area contributed by atoms with Gasteiger partial charge in [-0.25, -0.2) is 4.79 Å². The molecule has 0 unspecified atom stereocenters. The van der Waals surface area contributed by atoms with Gasteiger partial charge in [-0.05, 0) is 24.9 Å². The van der Waals surface area contributed by atoms with Crippen LogP contribution in [0.25, 0.3) is 0 Å². The van der Waals surface area contributed by atoms with Crippen molar-refractivity contribution in [1.29, 1.82) is 0 Å². The lowest BCUT2D eigenvalue weighted by Crippen LogP contribution is -2.41. The van der Waals surface area contributed by atoms with Gasteiger partial charge in [-0.2, -0.15) is 13.2 Å². The van der Waals surface area contributed by atoms with Crippen LogP contribution < -0.4 is 5.32 Å². The number of aliphatic carboxylic acids is 2. The van der Waals surface area contributed by atoms with Gasteiger partial charge in [-0.15, -0.1) is 0 Å². The number of carboxylic acids is 2. The van der Waals surface area contributed by atoms with E-state index in [2.05, 4.69) is 5.32 Å². The molecule has 1 fully saturated rings. The SMILES string of the molecule is O=C(O)C(F)(F)F.[2H]c1c([2H])c([2H])c([C@H](C(=O)O)[C@@H]2CCCCN2)c([2H])c1[2H]. The number of hydrogen-bond acceptors (Lipinski definition) is 3. The molecule has 0 saturated carbocycles. The number of halogens is 3. The number of rotatable bonds is 3. The predicted molar refractivity (Wildman–Crippen MR) is 76.2 cm³/mol. The van der Waals surface area contributed by atoms with Crippen molar-refractivity contribution in [1.82, 2.24) is 5.32 Å². The first kappa shape index (κ1) is 12.3. The number of hydrogen-bond donors (Lipinski definition) is 3. The molecule has 0 radical (unpaired) electrons. The molecule has 0 spiro atoms. The molecule has 0 aliphatic carbocycles. The molecule has 1 saturated heterocycles. The van der Waals surface area contributed by atoms with Gasteiger partial charge in [0.2, 0.25) is 0 Å². The number of alkyl halides is 3. The fraction of sp³-hybridized carbons (Fsp3) is 0.467. The maximum Gasteiger partial charge on any atom is 0.490 e. The molecule has 1 aliphatic rings. The molecule has 0 bridgehead atoms. The van der Waals surface area contributed by atoms with E-state index in [0.29, 0.717) is 13.0 Å². The minimum Gasteiger partial charge on any atom is -0.481 e. The van der Waals surface area contributed by atoms with E-state index < -0.39 is 60.3 Å². The maximum atomic E-state index is 11.6. The molecule has 128 valence electrons. The molecule has 8 heteroatoms. The largest absolute Gasteiger partial charge is 0.490 e. The second-order valence-corrected chi connectivity index (χ2v) is 4.71. The zero-order chi connectivity index (χ0) is 21.8. The van der Waals surface area contributed by atoms with E-state index >= 15 is 0 Å². The summed E-state index contributed by atoms with van der Waals surface area (Å²) in [5, 5.41) is 19.7. The number of benzene rings is 1. The minimum absolute atomic E-state index is 0.132. The van der Waals surface area contributed by atoms with Crippen molar-refractivity contribution >= 4 is 11.9 Å². The Morgan fingerprint density at radius 1 is 1.22 bits per heavy atom. The summed E-state index contributed by atoms with van der Waals surface area (Å²) in [6.07, 6.45) is -2.66. The number of carboxylic acid groups (broad SMARTS) is 2. The highest BCUT2D eigenvalue weighted by atomic mass is 19.4. The zero-order valence-electron chi connectivity index (χ0n) is 16.8. The highest BCUT2D eigenvalue weighted by Gasteiger charge is 2.38. The van der Waals surface area contributed by atoms with E-state index in [-0.39, 0.29) is 5.56 Å². The van der Waals surface area contributed by atoms with Gasteiger partial charge in [0.1, 0.15) is 0 Å². The Labute approximate surface area is 138 Å². The summed E-state index contributed by atoms with van der Waals surface area (Å²) in [5.41, 5.74) is -0.132. The Hall–Kier alpha value is -2.09. The van der Waals surface area contributed by atoms with Crippen LogP contribution in [0.1, 0.15) is 37.6 Å². The smallest absolute Gasteiger partial charge is 0.481 e. The van der Waals surface area contributed by atoms with Crippen molar-refractivity contribution in [3.05, 3.63) is 35.8 Å². The van der Waals surface area contributed by atoms with Crippen LogP contribution in [0, 0.1) is 0 Å². The van der Waals surface area contributed by atoms with Gasteiger partial charge in [0.25, 0.3) is 0 Å². The number of piperidine rings is 1. The molecule has 1 aromatic carbocycles. The van der Waals surface area contributed by atoms with Crippen molar-refractivity contribution in [2.75, 3.05) is 6.54 Å². The molecule has 2 atom stereocenters. The monoisotopic (exact) mass is 338 g/mol. The van der Waals surface area contributed by atoms with Crippen LogP contribution in [0.4, 0.5) is 13.2 Å². The lowest BCUT2D eigenvalue weighted by Gasteiger charge is -2.29. The molecule has 1 aliphatic heterocycles. The molecule has 3 N–H and O–H groups in total. The second-order valence-electron chi connectivity index (χ2n) is 4.71. The number of nitrogens with one attached hydrogen (secondary N) is 1. The van der Waals surface area contributed by atoms with Crippen LogP contribution in [0.15, 0.2) is 30.2 Å². The van der Waals surface area contributed by atoms with Gasteiger partial charge >= 0.3 is 18.1 Å². The molecule has 1 heterocycles. The summed E-state index contributed by atoms with van der Waals surface area (Å²) in [5.74, 6) is -5.07. The van der Waals surface area contributed by atoms with Gasteiger partial charge in [-0.1, -0.05) is 36.6 Å². The van der Waals surface area contributed by atoms with Gasteiger partial charge in [0.05, 0.1) is 12.8 Å². The fourth-order valence-electron chi connectivity index (χ4n) is 2.08. The van der Waals surface area contributed by atoms with Crippen molar-refractivity contribution in [3.63, 3.8) is 0 Å². The van der Waals surface area contributed by atoms with Crippen LogP contribution in [0.3, 0.4) is 0 Å². The Kier molecular flexibility index (Phi) is 4.57. The quantitative estimate of drug-likeness (QED) is 0.789. The summed E-state index contributed by atoms with van der Waals surface area (Å²) in [7, 11) is 0. The molecular weight excluding hydrogens is 315 g/mol. The van der Waals surface area contributed by atoms with Gasteiger partial charge in [0.15, 0.2) is 0 Å². The van der Waals surface area contributed by atoms with Crippen molar-refractivity contribution < 1.29 is 39.8 Å². The third kappa shape index (κ3) is 6.27. The van der Waals surface area contributed by atoms with Gasteiger partial charge in [-0.3, -0.25) is 4.79 Å². The Morgan fingerprint density at radius 2 is 1.78 bits per heavy atom. The molecular formula is C15H18F3NO4. The first-order chi connectivity index (χ1) is 12.8. The summed E-state index contributed by atoms with van der Waals surface area (Å²) in [6.45, 7) is 0.674. The van der Waals surface area contributed by atoms with Crippen LogP contribution in [-0.4, -0.2) is 40.9 Å². The van der Waals surface area contributed by atoms with Crippen LogP contribution in [0.5, 0.6) is 0 Å². The standard InChI is InChI=1S/C13H17NO2.C2HF3O2/c15-13(16)12(10-6-2-1-3-7-10)11-8-4-5-9-14-11;3-2(4,5)1(6)7/h1-3,6-7,11-12,14H,4-5,8-9H2,(H,15,16);(H,6,7)/t11-,12-;/m0./s1/i1D,2D,3D,6D,7D;. The third-order valence-corrected chi connectivity index (χ3v) is 3.09. The molecule has 0 amide bonds.